The second-order valence-electron chi connectivity index (χ2n) is 5.34. The lowest BCUT2D eigenvalue weighted by Crippen LogP contribution is -2.13. The van der Waals surface area contributed by atoms with Gasteiger partial charge in [0.2, 0.25) is 10.0 Å². The highest BCUT2D eigenvalue weighted by molar-refractivity contribution is 7.89. The van der Waals surface area contributed by atoms with Crippen molar-refractivity contribution < 1.29 is 22.9 Å². The van der Waals surface area contributed by atoms with Gasteiger partial charge in [0.1, 0.15) is 0 Å². The Bertz CT molecular complexity index is 926. The maximum absolute atomic E-state index is 11.8. The summed E-state index contributed by atoms with van der Waals surface area (Å²) in [5.74, 6) is -0.686. The average molecular weight is 379 g/mol. The molecule has 9 nitrogen and oxygen atoms in total. The maximum Gasteiger partial charge on any atom is 0.340 e. The molecule has 0 saturated heterocycles. The third kappa shape index (κ3) is 4.77. The molecule has 0 fully saturated rings. The molecule has 0 spiro atoms. The molecule has 0 aliphatic carbocycles. The van der Waals surface area contributed by atoms with Crippen molar-refractivity contribution in [3.05, 3.63) is 63.7 Å². The van der Waals surface area contributed by atoms with E-state index in [1.165, 1.54) is 31.4 Å². The van der Waals surface area contributed by atoms with Crippen molar-refractivity contribution in [2.75, 3.05) is 19.0 Å². The fraction of sp³-hybridized carbons (Fsp3) is 0.188. The summed E-state index contributed by atoms with van der Waals surface area (Å²) in [5, 5.41) is 18.9. The monoisotopic (exact) mass is 379 g/mol. The van der Waals surface area contributed by atoms with Crippen LogP contribution in [0.15, 0.2) is 47.4 Å². The predicted molar refractivity (Wildman–Crippen MR) is 94.4 cm³/mol. The largest absolute Gasteiger partial charge is 0.465 e. The predicted octanol–water partition coefficient (Wildman–Crippen LogP) is 1.68. The van der Waals surface area contributed by atoms with Crippen LogP contribution < -0.4 is 10.5 Å². The van der Waals surface area contributed by atoms with Gasteiger partial charge in [-0.05, 0) is 30.2 Å². The zero-order valence-electron chi connectivity index (χ0n) is 13.8. The van der Waals surface area contributed by atoms with Crippen molar-refractivity contribution in [3.8, 4) is 0 Å². The van der Waals surface area contributed by atoms with Crippen LogP contribution in [0.2, 0.25) is 0 Å². The number of benzene rings is 2. The Labute approximate surface area is 150 Å². The Morgan fingerprint density at radius 1 is 1.23 bits per heavy atom. The molecule has 10 heteroatoms. The van der Waals surface area contributed by atoms with Gasteiger partial charge in [-0.15, -0.1) is 0 Å². The van der Waals surface area contributed by atoms with Crippen LogP contribution in [0.1, 0.15) is 15.9 Å². The first-order valence-electron chi connectivity index (χ1n) is 7.44. The lowest BCUT2D eigenvalue weighted by molar-refractivity contribution is -0.384. The zero-order valence-corrected chi connectivity index (χ0v) is 14.7. The Kier molecular flexibility index (Phi) is 5.90. The van der Waals surface area contributed by atoms with Gasteiger partial charge in [-0.3, -0.25) is 10.1 Å². The first-order valence-corrected chi connectivity index (χ1v) is 8.99. The van der Waals surface area contributed by atoms with E-state index in [9.17, 15) is 23.3 Å². The summed E-state index contributed by atoms with van der Waals surface area (Å²) in [5.41, 5.74) is 1.11. The molecule has 0 saturated carbocycles. The van der Waals surface area contributed by atoms with Crippen molar-refractivity contribution in [1.82, 2.24) is 0 Å². The zero-order chi connectivity index (χ0) is 19.3. The molecular formula is C16H17N3O6S. The molecule has 0 radical (unpaired) electrons. The van der Waals surface area contributed by atoms with Gasteiger partial charge in [0.25, 0.3) is 5.69 Å². The number of nitro groups is 1. The molecular weight excluding hydrogens is 362 g/mol. The summed E-state index contributed by atoms with van der Waals surface area (Å²) in [6, 6.07) is 9.98. The fourth-order valence-corrected chi connectivity index (χ4v) is 2.78. The number of anilines is 1. The number of nitrogens with zero attached hydrogens (tertiary/aromatic N) is 1. The summed E-state index contributed by atoms with van der Waals surface area (Å²) in [4.78, 5) is 22.1. The fourth-order valence-electron chi connectivity index (χ4n) is 2.27. The number of non-ortho nitro benzene ring substituents is 1. The molecule has 0 unspecified atom stereocenters. The molecule has 0 aromatic heterocycles. The maximum atomic E-state index is 11.8. The molecule has 2 aromatic rings. The van der Waals surface area contributed by atoms with Crippen LogP contribution in [0.4, 0.5) is 11.4 Å². The van der Waals surface area contributed by atoms with Crippen LogP contribution in [0.5, 0.6) is 0 Å². The van der Waals surface area contributed by atoms with Crippen molar-refractivity contribution in [3.63, 3.8) is 0 Å². The van der Waals surface area contributed by atoms with E-state index in [0.29, 0.717) is 18.7 Å². The Morgan fingerprint density at radius 2 is 1.88 bits per heavy atom. The minimum absolute atomic E-state index is 0.0255. The Balaban J connectivity index is 2.09. The molecule has 0 amide bonds. The number of carbonyl (C=O) groups is 1. The lowest BCUT2D eigenvalue weighted by Gasteiger charge is -2.11. The number of primary sulfonamides is 1. The third-order valence-electron chi connectivity index (χ3n) is 3.60. The summed E-state index contributed by atoms with van der Waals surface area (Å²) < 4.78 is 27.1. The van der Waals surface area contributed by atoms with Crippen LogP contribution in [0.3, 0.4) is 0 Å². The van der Waals surface area contributed by atoms with Gasteiger partial charge in [0.15, 0.2) is 0 Å². The summed E-state index contributed by atoms with van der Waals surface area (Å²) in [7, 11) is -2.54. The summed E-state index contributed by atoms with van der Waals surface area (Å²) in [6.07, 6.45) is 0.530. The molecule has 2 aromatic carbocycles. The van der Waals surface area contributed by atoms with Gasteiger partial charge < -0.3 is 10.1 Å². The van der Waals surface area contributed by atoms with Gasteiger partial charge in [-0.25, -0.2) is 18.4 Å². The van der Waals surface area contributed by atoms with Gasteiger partial charge in [-0.1, -0.05) is 12.1 Å². The van der Waals surface area contributed by atoms with Gasteiger partial charge in [0.05, 0.1) is 22.5 Å². The van der Waals surface area contributed by atoms with E-state index in [1.54, 1.807) is 12.1 Å². The minimum Gasteiger partial charge on any atom is -0.465 e. The van der Waals surface area contributed by atoms with Gasteiger partial charge >= 0.3 is 5.97 Å². The molecule has 0 bridgehead atoms. The van der Waals surface area contributed by atoms with E-state index in [4.69, 9.17) is 5.14 Å². The van der Waals surface area contributed by atoms with E-state index >= 15 is 0 Å². The lowest BCUT2D eigenvalue weighted by atomic mass is 10.1. The van der Waals surface area contributed by atoms with E-state index < -0.39 is 20.9 Å². The van der Waals surface area contributed by atoms with Crippen molar-refractivity contribution in [1.29, 1.82) is 0 Å². The minimum atomic E-state index is -3.73. The number of sulfonamides is 1. The average Bonchev–Trinajstić information content (AvgIpc) is 2.60. The molecule has 0 heterocycles. The second kappa shape index (κ2) is 7.93. The van der Waals surface area contributed by atoms with E-state index in [0.717, 1.165) is 11.6 Å². The second-order valence-corrected chi connectivity index (χ2v) is 6.91. The molecule has 0 aliphatic heterocycles. The number of nitro benzene ring substituents is 1. The number of nitrogens with two attached hydrogens (primary N) is 1. The number of methoxy groups -OCH3 is 1. The number of hydrogen-bond acceptors (Lipinski definition) is 7. The summed E-state index contributed by atoms with van der Waals surface area (Å²) >= 11 is 0. The molecule has 26 heavy (non-hydrogen) atoms. The number of esters is 1. The molecule has 3 N–H and O–H groups in total. The Hall–Kier alpha value is -2.98. The van der Waals surface area contributed by atoms with Crippen LogP contribution in [-0.2, 0) is 21.2 Å². The molecule has 138 valence electrons. The molecule has 2 rings (SSSR count). The van der Waals surface area contributed by atoms with Gasteiger partial charge in [0, 0.05) is 24.4 Å². The number of nitrogens with one attached hydrogen (secondary N) is 1. The van der Waals surface area contributed by atoms with Crippen LogP contribution in [-0.4, -0.2) is 33.0 Å². The highest BCUT2D eigenvalue weighted by atomic mass is 32.2. The number of ether oxygens (including phenoxy) is 1. The topological polar surface area (TPSA) is 142 Å². The van der Waals surface area contributed by atoms with E-state index in [2.05, 4.69) is 10.1 Å². The molecule has 0 aliphatic rings. The number of rotatable bonds is 7. The standard InChI is InChI=1S/C16H17N3O6S/c1-25-16(20)14-10-12(19(21)22)4-7-15(14)18-9-8-11-2-5-13(6-3-11)26(17,23)24/h2-7,10,18H,8-9H2,1H3,(H2,17,23,24). The first kappa shape index (κ1) is 19.3. The number of hydrogen-bond donors (Lipinski definition) is 2. The highest BCUT2D eigenvalue weighted by Gasteiger charge is 2.17. The van der Waals surface area contributed by atoms with E-state index in [1.807, 2.05) is 0 Å². The van der Waals surface area contributed by atoms with Crippen LogP contribution in [0, 0.1) is 10.1 Å². The van der Waals surface area contributed by atoms with Gasteiger partial charge in [-0.2, -0.15) is 0 Å². The van der Waals surface area contributed by atoms with Crippen LogP contribution >= 0.6 is 0 Å². The van der Waals surface area contributed by atoms with Crippen molar-refractivity contribution in [2.45, 2.75) is 11.3 Å². The van der Waals surface area contributed by atoms with E-state index in [-0.39, 0.29) is 16.1 Å². The third-order valence-corrected chi connectivity index (χ3v) is 4.53. The van der Waals surface area contributed by atoms with Crippen LogP contribution in [0.25, 0.3) is 0 Å². The van der Waals surface area contributed by atoms with Crippen molar-refractivity contribution >= 4 is 27.4 Å². The number of carbonyl (C=O) groups excluding carboxylic acids is 1. The SMILES string of the molecule is COC(=O)c1cc([N+](=O)[O-])ccc1NCCc1ccc(S(N)(=O)=O)cc1. The smallest absolute Gasteiger partial charge is 0.340 e. The molecule has 0 atom stereocenters. The van der Waals surface area contributed by atoms with Crippen molar-refractivity contribution in [2.24, 2.45) is 5.14 Å². The summed E-state index contributed by atoms with van der Waals surface area (Å²) in [6.45, 7) is 0.413. The first-order chi connectivity index (χ1) is 12.2. The normalized spacial score (nSPS) is 11.0. The quantitative estimate of drug-likeness (QED) is 0.423. The highest BCUT2D eigenvalue weighted by Crippen LogP contribution is 2.23. The Morgan fingerprint density at radius 3 is 2.42 bits per heavy atom.